The fourth-order valence-corrected chi connectivity index (χ4v) is 2.68. The molecule has 1 aromatic carbocycles. The molecule has 0 aromatic heterocycles. The van der Waals surface area contributed by atoms with E-state index in [1.807, 2.05) is 26.8 Å². The average molecular weight is 274 g/mol. The van der Waals surface area contributed by atoms with E-state index in [1.54, 1.807) is 0 Å². The minimum atomic E-state index is -0.378. The van der Waals surface area contributed by atoms with Gasteiger partial charge in [-0.3, -0.25) is 4.79 Å². The summed E-state index contributed by atoms with van der Waals surface area (Å²) in [4.78, 5) is 14.4. The lowest BCUT2D eigenvalue weighted by atomic mass is 9.81. The van der Waals surface area contributed by atoms with Gasteiger partial charge < -0.3 is 10.2 Å². The molecule has 0 aliphatic carbocycles. The van der Waals surface area contributed by atoms with Crippen LogP contribution in [0.15, 0.2) is 18.2 Å². The first-order valence-corrected chi connectivity index (χ1v) is 7.24. The summed E-state index contributed by atoms with van der Waals surface area (Å²) in [7, 11) is 2.12. The molecule has 3 nitrogen and oxygen atoms in total. The highest BCUT2D eigenvalue weighted by atomic mass is 16.2. The molecule has 1 amide bonds. The molecule has 1 unspecified atom stereocenters. The van der Waals surface area contributed by atoms with Crippen molar-refractivity contribution in [2.75, 3.05) is 17.3 Å². The van der Waals surface area contributed by atoms with Gasteiger partial charge in [0, 0.05) is 35.3 Å². The number of anilines is 2. The Balaban J connectivity index is 2.33. The molecule has 0 saturated carbocycles. The SMILES string of the molecule is CC1N(C)c2cc(NC(=O)C(C)(C)C)ccc2C1(C)C. The smallest absolute Gasteiger partial charge is 0.229 e. The van der Waals surface area contributed by atoms with E-state index in [2.05, 4.69) is 50.2 Å². The maximum absolute atomic E-state index is 12.1. The molecule has 0 saturated heterocycles. The molecule has 3 heteroatoms. The van der Waals surface area contributed by atoms with Crippen molar-refractivity contribution in [2.24, 2.45) is 5.41 Å². The molecular weight excluding hydrogens is 248 g/mol. The highest BCUT2D eigenvalue weighted by Gasteiger charge is 2.40. The first-order chi connectivity index (χ1) is 9.05. The van der Waals surface area contributed by atoms with E-state index < -0.39 is 0 Å². The van der Waals surface area contributed by atoms with Crippen LogP contribution in [0, 0.1) is 5.41 Å². The highest BCUT2D eigenvalue weighted by Crippen LogP contribution is 2.45. The number of amides is 1. The van der Waals surface area contributed by atoms with Gasteiger partial charge in [-0.25, -0.2) is 0 Å². The Hall–Kier alpha value is -1.51. The number of nitrogens with zero attached hydrogens (tertiary/aromatic N) is 1. The second kappa shape index (κ2) is 4.51. The van der Waals surface area contributed by atoms with Crippen molar-refractivity contribution in [3.8, 4) is 0 Å². The number of hydrogen-bond donors (Lipinski definition) is 1. The average Bonchev–Trinajstić information content (AvgIpc) is 2.50. The summed E-state index contributed by atoms with van der Waals surface area (Å²) in [6.07, 6.45) is 0. The van der Waals surface area contributed by atoms with Crippen LogP contribution in [-0.4, -0.2) is 19.0 Å². The van der Waals surface area contributed by atoms with Gasteiger partial charge in [0.1, 0.15) is 0 Å². The molecule has 20 heavy (non-hydrogen) atoms. The maximum Gasteiger partial charge on any atom is 0.229 e. The lowest BCUT2D eigenvalue weighted by Gasteiger charge is -2.28. The van der Waals surface area contributed by atoms with Crippen molar-refractivity contribution in [3.63, 3.8) is 0 Å². The number of likely N-dealkylation sites (N-methyl/N-ethyl adjacent to an activating group) is 1. The van der Waals surface area contributed by atoms with Crippen molar-refractivity contribution in [2.45, 2.75) is 53.0 Å². The monoisotopic (exact) mass is 274 g/mol. The number of benzene rings is 1. The van der Waals surface area contributed by atoms with Gasteiger partial charge in [0.15, 0.2) is 0 Å². The van der Waals surface area contributed by atoms with Crippen LogP contribution in [0.2, 0.25) is 0 Å². The van der Waals surface area contributed by atoms with Gasteiger partial charge in [0.05, 0.1) is 0 Å². The van der Waals surface area contributed by atoms with E-state index in [0.717, 1.165) is 5.69 Å². The summed E-state index contributed by atoms with van der Waals surface area (Å²) in [5.41, 5.74) is 3.20. The van der Waals surface area contributed by atoms with E-state index >= 15 is 0 Å². The number of hydrogen-bond acceptors (Lipinski definition) is 2. The molecule has 1 atom stereocenters. The largest absolute Gasteiger partial charge is 0.371 e. The van der Waals surface area contributed by atoms with Gasteiger partial charge in [0.2, 0.25) is 5.91 Å². The zero-order valence-electron chi connectivity index (χ0n) is 13.7. The van der Waals surface area contributed by atoms with Gasteiger partial charge >= 0.3 is 0 Å². The zero-order chi connectivity index (χ0) is 15.3. The summed E-state index contributed by atoms with van der Waals surface area (Å²) in [6.45, 7) is 12.6. The van der Waals surface area contributed by atoms with Crippen molar-refractivity contribution < 1.29 is 4.79 Å². The fraction of sp³-hybridized carbons (Fsp3) is 0.588. The summed E-state index contributed by atoms with van der Waals surface area (Å²) < 4.78 is 0. The number of carbonyl (C=O) groups is 1. The quantitative estimate of drug-likeness (QED) is 0.845. The third kappa shape index (κ3) is 2.30. The van der Waals surface area contributed by atoms with Crippen LogP contribution < -0.4 is 10.2 Å². The highest BCUT2D eigenvalue weighted by molar-refractivity contribution is 5.95. The van der Waals surface area contributed by atoms with Crippen molar-refractivity contribution in [1.82, 2.24) is 0 Å². The van der Waals surface area contributed by atoms with Gasteiger partial charge in [0.25, 0.3) is 0 Å². The summed E-state index contributed by atoms with van der Waals surface area (Å²) in [5, 5.41) is 3.01. The lowest BCUT2D eigenvalue weighted by molar-refractivity contribution is -0.123. The molecule has 0 radical (unpaired) electrons. The number of rotatable bonds is 1. The first-order valence-electron chi connectivity index (χ1n) is 7.24. The van der Waals surface area contributed by atoms with E-state index in [1.165, 1.54) is 11.3 Å². The molecule has 1 aromatic rings. The normalized spacial score (nSPS) is 20.8. The number of carbonyl (C=O) groups excluding carboxylic acids is 1. The number of fused-ring (bicyclic) bond motifs is 1. The Bertz CT molecular complexity index is 540. The second-order valence-corrected chi connectivity index (χ2v) is 7.44. The summed E-state index contributed by atoms with van der Waals surface area (Å²) in [5.74, 6) is 0.0467. The van der Waals surface area contributed by atoms with Crippen molar-refractivity contribution in [1.29, 1.82) is 0 Å². The Morgan fingerprint density at radius 2 is 1.90 bits per heavy atom. The predicted molar refractivity (Wildman–Crippen MR) is 85.4 cm³/mol. The summed E-state index contributed by atoms with van der Waals surface area (Å²) in [6, 6.07) is 6.69. The third-order valence-corrected chi connectivity index (χ3v) is 4.64. The Morgan fingerprint density at radius 3 is 2.45 bits per heavy atom. The predicted octanol–water partition coefficient (Wildman–Crippen LogP) is 3.79. The third-order valence-electron chi connectivity index (χ3n) is 4.64. The molecule has 1 aliphatic heterocycles. The van der Waals surface area contributed by atoms with Gasteiger partial charge in [-0.15, -0.1) is 0 Å². The summed E-state index contributed by atoms with van der Waals surface area (Å²) >= 11 is 0. The maximum atomic E-state index is 12.1. The molecule has 1 aliphatic rings. The van der Waals surface area contributed by atoms with Crippen LogP contribution in [0.5, 0.6) is 0 Å². The van der Waals surface area contributed by atoms with Crippen molar-refractivity contribution >= 4 is 17.3 Å². The van der Waals surface area contributed by atoms with Crippen LogP contribution in [0.25, 0.3) is 0 Å². The van der Waals surface area contributed by atoms with E-state index in [9.17, 15) is 4.79 Å². The number of nitrogens with one attached hydrogen (secondary N) is 1. The molecule has 1 N–H and O–H groups in total. The van der Waals surface area contributed by atoms with Gasteiger partial charge in [-0.1, -0.05) is 40.7 Å². The van der Waals surface area contributed by atoms with Crippen LogP contribution in [-0.2, 0) is 10.2 Å². The minimum Gasteiger partial charge on any atom is -0.371 e. The standard InChI is InChI=1S/C17H26N2O/c1-11-17(5,6)13-9-8-12(10-14(13)19(11)7)18-15(20)16(2,3)4/h8-11H,1-7H3,(H,18,20). The van der Waals surface area contributed by atoms with Crippen LogP contribution >= 0.6 is 0 Å². The Morgan fingerprint density at radius 1 is 1.30 bits per heavy atom. The zero-order valence-corrected chi connectivity index (χ0v) is 13.7. The molecule has 2 rings (SSSR count). The fourth-order valence-electron chi connectivity index (χ4n) is 2.68. The molecular formula is C17H26N2O. The lowest BCUT2D eigenvalue weighted by Crippen LogP contribution is -2.36. The Labute approximate surface area is 122 Å². The molecule has 0 spiro atoms. The molecule has 0 bridgehead atoms. The van der Waals surface area contributed by atoms with Crippen LogP contribution in [0.4, 0.5) is 11.4 Å². The van der Waals surface area contributed by atoms with Crippen LogP contribution in [0.1, 0.15) is 47.1 Å². The topological polar surface area (TPSA) is 32.3 Å². The Kier molecular flexibility index (Phi) is 3.35. The second-order valence-electron chi connectivity index (χ2n) is 7.44. The van der Waals surface area contributed by atoms with Crippen molar-refractivity contribution in [3.05, 3.63) is 23.8 Å². The van der Waals surface area contributed by atoms with E-state index in [0.29, 0.717) is 6.04 Å². The minimum absolute atomic E-state index is 0.0467. The van der Waals surface area contributed by atoms with E-state index in [4.69, 9.17) is 0 Å². The molecule has 110 valence electrons. The van der Waals surface area contributed by atoms with Crippen LogP contribution in [0.3, 0.4) is 0 Å². The molecule has 0 fully saturated rings. The van der Waals surface area contributed by atoms with Gasteiger partial charge in [-0.05, 0) is 24.6 Å². The van der Waals surface area contributed by atoms with E-state index in [-0.39, 0.29) is 16.7 Å². The van der Waals surface area contributed by atoms with Gasteiger partial charge in [-0.2, -0.15) is 0 Å². The molecule has 1 heterocycles. The first kappa shape index (κ1) is 14.9.